The Morgan fingerprint density at radius 1 is 0.547 bits per heavy atom. The van der Waals surface area contributed by atoms with Gasteiger partial charge in [-0.15, -0.1) is 5.10 Å². The molecule has 3 rings (SSSR count). The molecule has 0 N–H and O–H groups in total. The van der Waals surface area contributed by atoms with Crippen LogP contribution in [0.3, 0.4) is 0 Å². The molecule has 1 aromatic rings. The fraction of sp³-hybridized carbons (Fsp3) is 0.677. The van der Waals surface area contributed by atoms with Gasteiger partial charge in [0, 0.05) is 55.4 Å². The van der Waals surface area contributed by atoms with E-state index < -0.39 is 129 Å². The summed E-state index contributed by atoms with van der Waals surface area (Å²) in [7, 11) is 0. The highest BCUT2D eigenvalue weighted by Gasteiger charge is 2.54. The average molecular weight is 760 g/mol. The minimum Gasteiger partial charge on any atom is -0.463 e. The van der Waals surface area contributed by atoms with Crippen molar-refractivity contribution in [1.29, 1.82) is 0 Å². The summed E-state index contributed by atoms with van der Waals surface area (Å²) < 4.78 is 61.5. The average Bonchev–Trinajstić information content (AvgIpc) is 3.50. The molecular weight excluding hydrogens is 718 g/mol. The molecule has 0 aromatic carbocycles. The summed E-state index contributed by atoms with van der Waals surface area (Å²) in [4.78, 5) is 96.0. The second-order valence-corrected chi connectivity index (χ2v) is 11.7. The van der Waals surface area contributed by atoms with Crippen molar-refractivity contribution in [3.63, 3.8) is 0 Å². The van der Waals surface area contributed by atoms with Crippen LogP contribution in [0.25, 0.3) is 0 Å². The molecule has 0 spiro atoms. The molecule has 0 aliphatic carbocycles. The van der Waals surface area contributed by atoms with Crippen molar-refractivity contribution in [2.24, 2.45) is 0 Å². The molecule has 22 heteroatoms. The zero-order chi connectivity index (χ0) is 39.6. The summed E-state index contributed by atoms with van der Waals surface area (Å²) in [6.45, 7) is 7.24. The number of hydrogen-bond donors (Lipinski definition) is 0. The first-order valence-electron chi connectivity index (χ1n) is 16.0. The summed E-state index contributed by atoms with van der Waals surface area (Å²) in [5, 5.41) is 8.05. The Balaban J connectivity index is 1.97. The van der Waals surface area contributed by atoms with Crippen molar-refractivity contribution >= 4 is 47.8 Å². The van der Waals surface area contributed by atoms with E-state index in [2.05, 4.69) is 10.3 Å². The van der Waals surface area contributed by atoms with Gasteiger partial charge >= 0.3 is 47.8 Å². The van der Waals surface area contributed by atoms with Crippen molar-refractivity contribution in [2.45, 2.75) is 123 Å². The number of carbonyl (C=O) groups excluding carboxylic acids is 8. The number of rotatable bonds is 14. The smallest absolute Gasteiger partial charge is 0.303 e. The zero-order valence-corrected chi connectivity index (χ0v) is 30.1. The van der Waals surface area contributed by atoms with Gasteiger partial charge in [-0.2, -0.15) is 0 Å². The van der Waals surface area contributed by atoms with Gasteiger partial charge in [0.2, 0.25) is 0 Å². The van der Waals surface area contributed by atoms with Crippen LogP contribution in [-0.4, -0.2) is 131 Å². The van der Waals surface area contributed by atoms with E-state index in [9.17, 15) is 38.4 Å². The topological polar surface area (TPSA) is 269 Å². The Hall–Kier alpha value is -5.22. The first-order valence-corrected chi connectivity index (χ1v) is 16.0. The molecule has 294 valence electrons. The molecule has 53 heavy (non-hydrogen) atoms. The monoisotopic (exact) mass is 759 g/mol. The molecule has 0 radical (unpaired) electrons. The van der Waals surface area contributed by atoms with Crippen molar-refractivity contribution in [3.05, 3.63) is 11.9 Å². The maximum atomic E-state index is 12.2. The van der Waals surface area contributed by atoms with Crippen molar-refractivity contribution in [1.82, 2.24) is 15.0 Å². The molecule has 2 saturated heterocycles. The van der Waals surface area contributed by atoms with Crippen LogP contribution in [-0.2, 0) is 97.1 Å². The highest BCUT2D eigenvalue weighted by Crippen LogP contribution is 2.35. The van der Waals surface area contributed by atoms with Crippen LogP contribution in [0, 0.1) is 0 Å². The van der Waals surface area contributed by atoms with E-state index in [1.165, 1.54) is 6.20 Å². The van der Waals surface area contributed by atoms with Gasteiger partial charge in [-0.3, -0.25) is 38.4 Å². The second kappa shape index (κ2) is 19.0. The van der Waals surface area contributed by atoms with Gasteiger partial charge in [0.25, 0.3) is 0 Å². The van der Waals surface area contributed by atoms with E-state index >= 15 is 0 Å². The fourth-order valence-electron chi connectivity index (χ4n) is 5.41. The molecule has 2 fully saturated rings. The molecule has 3 heterocycles. The maximum Gasteiger partial charge on any atom is 0.303 e. The molecule has 2 aliphatic rings. The summed E-state index contributed by atoms with van der Waals surface area (Å²) in [6.07, 6.45) is -13.1. The molecule has 10 atom stereocenters. The van der Waals surface area contributed by atoms with Gasteiger partial charge in [0.15, 0.2) is 49.1 Å². The van der Waals surface area contributed by atoms with Gasteiger partial charge in [0.1, 0.15) is 31.1 Å². The molecule has 1 aromatic heterocycles. The molecule has 2 aliphatic heterocycles. The van der Waals surface area contributed by atoms with Gasteiger partial charge in [-0.25, -0.2) is 4.68 Å². The Bertz CT molecular complexity index is 1530. The lowest BCUT2D eigenvalue weighted by Crippen LogP contribution is -2.62. The number of carbonyl (C=O) groups is 8. The number of ether oxygens (including phenoxy) is 11. The molecule has 0 unspecified atom stereocenters. The first kappa shape index (κ1) is 42.2. The minimum absolute atomic E-state index is 0.0470. The van der Waals surface area contributed by atoms with Gasteiger partial charge in [0.05, 0.1) is 12.8 Å². The van der Waals surface area contributed by atoms with Gasteiger partial charge in [-0.1, -0.05) is 5.21 Å². The zero-order valence-electron chi connectivity index (χ0n) is 30.1. The van der Waals surface area contributed by atoms with Crippen LogP contribution in [0.1, 0.15) is 67.3 Å². The Kier molecular flexibility index (Phi) is 15.1. The molecule has 0 amide bonds. The van der Waals surface area contributed by atoms with E-state index in [0.29, 0.717) is 0 Å². The molecular formula is C31H41N3O19. The van der Waals surface area contributed by atoms with Crippen molar-refractivity contribution < 1.29 is 90.5 Å². The predicted octanol–water partition coefficient (Wildman–Crippen LogP) is -0.867. The number of hydrogen-bond acceptors (Lipinski definition) is 21. The summed E-state index contributed by atoms with van der Waals surface area (Å²) in [5.41, 5.74) is 0.0470. The molecule has 0 bridgehead atoms. The Labute approximate surface area is 301 Å². The predicted molar refractivity (Wildman–Crippen MR) is 164 cm³/mol. The quantitative estimate of drug-likeness (QED) is 0.165. The largest absolute Gasteiger partial charge is 0.463 e. The highest BCUT2D eigenvalue weighted by atomic mass is 16.7. The SMILES string of the molecule is CC(=O)OC[C@H]1O[C@H](OCc2cn([C@H]3O[C@H](COC(C)=O)[C@@H](OC(C)=O)[C@H](OC(C)=O)[C@@H]3OC(C)=O)nn2)[C@@H](OC(C)=O)[C@@H](OC(C)=O)[C@@H]1OC(C)=O. The van der Waals surface area contributed by atoms with E-state index in [-0.39, 0.29) is 5.69 Å². The van der Waals surface area contributed by atoms with E-state index in [1.807, 2.05) is 0 Å². The van der Waals surface area contributed by atoms with Crippen LogP contribution in [0.15, 0.2) is 6.20 Å². The third-order valence-corrected chi connectivity index (χ3v) is 7.13. The Morgan fingerprint density at radius 3 is 1.40 bits per heavy atom. The highest BCUT2D eigenvalue weighted by molar-refractivity contribution is 5.70. The third-order valence-electron chi connectivity index (χ3n) is 7.13. The molecule has 0 saturated carbocycles. The Morgan fingerprint density at radius 2 is 0.943 bits per heavy atom. The van der Waals surface area contributed by atoms with Crippen LogP contribution < -0.4 is 0 Å². The lowest BCUT2D eigenvalue weighted by molar-refractivity contribution is -0.310. The lowest BCUT2D eigenvalue weighted by Gasteiger charge is -2.44. The van der Waals surface area contributed by atoms with Crippen molar-refractivity contribution in [2.75, 3.05) is 13.2 Å². The number of nitrogens with zero attached hydrogens (tertiary/aromatic N) is 3. The van der Waals surface area contributed by atoms with E-state index in [0.717, 1.165) is 60.1 Å². The lowest BCUT2D eigenvalue weighted by atomic mass is 9.97. The summed E-state index contributed by atoms with van der Waals surface area (Å²) >= 11 is 0. The maximum absolute atomic E-state index is 12.2. The van der Waals surface area contributed by atoms with Crippen molar-refractivity contribution in [3.8, 4) is 0 Å². The second-order valence-electron chi connectivity index (χ2n) is 11.7. The normalized spacial score (nSPS) is 28.0. The summed E-state index contributed by atoms with van der Waals surface area (Å²) in [5.74, 6) is -6.42. The van der Waals surface area contributed by atoms with Gasteiger partial charge < -0.3 is 52.1 Å². The van der Waals surface area contributed by atoms with E-state index in [1.54, 1.807) is 0 Å². The van der Waals surface area contributed by atoms with Gasteiger partial charge in [-0.05, 0) is 0 Å². The van der Waals surface area contributed by atoms with Crippen LogP contribution in [0.5, 0.6) is 0 Å². The van der Waals surface area contributed by atoms with E-state index in [4.69, 9.17) is 52.1 Å². The standard InChI is InChI=1S/C31H41N3O19/c1-13(35)43-11-22-24(46-15(3)37)26(48-17(5)39)28(50-19(7)41)30(52-22)34-9-21(32-33-34)10-45-31-29(51-20(8)42)27(49-18(6)40)25(47-16(4)38)23(53-31)12-44-14(2)36/h9,22-31H,10-12H2,1-8H3/t22-,23-,24-,25-,26+,27+,28+,29+,30+,31+/m1/s1. The molecule has 22 nitrogen and oxygen atoms in total. The van der Waals surface area contributed by atoms with Crippen LogP contribution in [0.2, 0.25) is 0 Å². The first-order chi connectivity index (χ1) is 24.9. The van der Waals surface area contributed by atoms with Crippen LogP contribution in [0.4, 0.5) is 0 Å². The third kappa shape index (κ3) is 12.5. The number of aromatic nitrogens is 3. The fourth-order valence-corrected chi connectivity index (χ4v) is 5.41. The van der Waals surface area contributed by atoms with Crippen LogP contribution >= 0.6 is 0 Å². The minimum atomic E-state index is -1.55. The summed E-state index contributed by atoms with van der Waals surface area (Å²) in [6, 6.07) is 0. The number of esters is 8.